The van der Waals surface area contributed by atoms with E-state index < -0.39 is 0 Å². The molecule has 46 valence electrons. The van der Waals surface area contributed by atoms with Crippen LogP contribution in [0.4, 0.5) is 4.39 Å². The molecule has 0 atom stereocenters. The minimum Gasteiger partial charge on any atom is -0.412 e. The molecule has 0 radical (unpaired) electrons. The van der Waals surface area contributed by atoms with E-state index in [0.717, 1.165) is 19.3 Å². The van der Waals surface area contributed by atoms with Gasteiger partial charge < -0.3 is 5.48 Å². The second-order valence-corrected chi connectivity index (χ2v) is 1.40. The van der Waals surface area contributed by atoms with Gasteiger partial charge in [0.1, 0.15) is 0 Å². The molecular weight excluding hydrogens is 95.1 g/mol. The predicted molar refractivity (Wildman–Crippen MR) is 29.1 cm³/mol. The van der Waals surface area contributed by atoms with E-state index in [1.165, 1.54) is 0 Å². The molecule has 0 rings (SSSR count). The Morgan fingerprint density at radius 3 is 2.00 bits per heavy atom. The number of halogens is 1. The van der Waals surface area contributed by atoms with Crippen LogP contribution >= 0.6 is 0 Å². The largest absolute Gasteiger partial charge is 0.412 e. The normalized spacial score (nSPS) is 7.71. The van der Waals surface area contributed by atoms with Gasteiger partial charge in [0.15, 0.2) is 0 Å². The Hall–Kier alpha value is -0.110. The lowest BCUT2D eigenvalue weighted by Crippen LogP contribution is -1.72. The molecule has 0 aromatic carbocycles. The zero-order valence-corrected chi connectivity index (χ0v) is 4.71. The third-order valence-electron chi connectivity index (χ3n) is 0.737. The van der Waals surface area contributed by atoms with Crippen molar-refractivity contribution < 1.29 is 9.87 Å². The minimum absolute atomic E-state index is 0. The van der Waals surface area contributed by atoms with Gasteiger partial charge in [-0.15, -0.1) is 0 Å². The monoisotopic (exact) mass is 108 g/mol. The minimum atomic E-state index is -0.145. The molecule has 0 aliphatic heterocycles. The summed E-state index contributed by atoms with van der Waals surface area (Å²) in [4.78, 5) is 0. The van der Waals surface area contributed by atoms with Crippen LogP contribution in [-0.2, 0) is 0 Å². The Kier molecular flexibility index (Phi) is 13.3. The van der Waals surface area contributed by atoms with E-state index in [2.05, 4.69) is 6.92 Å². The fourth-order valence-electron chi connectivity index (χ4n) is 0.344. The number of hydrogen-bond acceptors (Lipinski definition) is 0. The van der Waals surface area contributed by atoms with Gasteiger partial charge in [-0.3, -0.25) is 4.39 Å². The number of rotatable bonds is 3. The first-order valence-corrected chi connectivity index (χ1v) is 2.47. The molecule has 2 heteroatoms. The molecule has 0 amide bonds. The zero-order valence-electron chi connectivity index (χ0n) is 4.71. The topological polar surface area (TPSA) is 31.5 Å². The van der Waals surface area contributed by atoms with Gasteiger partial charge in [-0.05, 0) is 6.42 Å². The van der Waals surface area contributed by atoms with Crippen LogP contribution in [0.5, 0.6) is 0 Å². The first-order chi connectivity index (χ1) is 2.91. The molecule has 0 saturated heterocycles. The lowest BCUT2D eigenvalue weighted by atomic mass is 10.3. The molecular formula is C5H13FO. The van der Waals surface area contributed by atoms with Crippen molar-refractivity contribution in [2.75, 3.05) is 6.67 Å². The summed E-state index contributed by atoms with van der Waals surface area (Å²) in [5.41, 5.74) is 0. The Labute approximate surface area is 43.8 Å². The van der Waals surface area contributed by atoms with Crippen molar-refractivity contribution in [2.45, 2.75) is 26.2 Å². The van der Waals surface area contributed by atoms with E-state index in [9.17, 15) is 4.39 Å². The van der Waals surface area contributed by atoms with E-state index in [0.29, 0.717) is 0 Å². The highest BCUT2D eigenvalue weighted by molar-refractivity contribution is 4.31. The Balaban J connectivity index is 0. The molecule has 0 aliphatic rings. The number of alkyl halides is 1. The van der Waals surface area contributed by atoms with Crippen molar-refractivity contribution in [3.8, 4) is 0 Å². The fraction of sp³-hybridized carbons (Fsp3) is 1.00. The van der Waals surface area contributed by atoms with Gasteiger partial charge in [0.25, 0.3) is 0 Å². The maximum Gasteiger partial charge on any atom is 0.0894 e. The Bertz CT molecular complexity index is 20.0. The van der Waals surface area contributed by atoms with Crippen LogP contribution in [0.25, 0.3) is 0 Å². The lowest BCUT2D eigenvalue weighted by Gasteiger charge is -1.84. The van der Waals surface area contributed by atoms with Crippen molar-refractivity contribution in [1.29, 1.82) is 0 Å². The van der Waals surface area contributed by atoms with Gasteiger partial charge in [-0.1, -0.05) is 19.8 Å². The third kappa shape index (κ3) is 10.7. The molecule has 0 fully saturated rings. The molecule has 1 nitrogen and oxygen atoms in total. The van der Waals surface area contributed by atoms with Gasteiger partial charge in [0, 0.05) is 0 Å². The Morgan fingerprint density at radius 2 is 1.86 bits per heavy atom. The van der Waals surface area contributed by atoms with Crippen LogP contribution in [0, 0.1) is 0 Å². The second-order valence-electron chi connectivity index (χ2n) is 1.40. The third-order valence-corrected chi connectivity index (χ3v) is 0.737. The quantitative estimate of drug-likeness (QED) is 0.488. The van der Waals surface area contributed by atoms with Crippen LogP contribution in [0.3, 0.4) is 0 Å². The molecule has 0 bridgehead atoms. The maximum atomic E-state index is 11.2. The average Bonchev–Trinajstić information content (AvgIpc) is 1.61. The van der Waals surface area contributed by atoms with E-state index in [4.69, 9.17) is 0 Å². The SMILES string of the molecule is CCCCCF.O. The molecule has 7 heavy (non-hydrogen) atoms. The van der Waals surface area contributed by atoms with Crippen molar-refractivity contribution in [1.82, 2.24) is 0 Å². The lowest BCUT2D eigenvalue weighted by molar-refractivity contribution is 0.460. The van der Waals surface area contributed by atoms with E-state index >= 15 is 0 Å². The predicted octanol–water partition coefficient (Wildman–Crippen LogP) is 1.32. The second kappa shape index (κ2) is 9.31. The first kappa shape index (κ1) is 10.00. The van der Waals surface area contributed by atoms with Crippen LogP contribution in [0.1, 0.15) is 26.2 Å². The molecule has 0 heterocycles. The molecule has 2 N–H and O–H groups in total. The summed E-state index contributed by atoms with van der Waals surface area (Å²) in [5, 5.41) is 0. The molecule has 0 aromatic heterocycles. The van der Waals surface area contributed by atoms with Crippen LogP contribution in [0.2, 0.25) is 0 Å². The summed E-state index contributed by atoms with van der Waals surface area (Å²) >= 11 is 0. The van der Waals surface area contributed by atoms with Gasteiger partial charge in [0.2, 0.25) is 0 Å². The summed E-state index contributed by atoms with van der Waals surface area (Å²) in [6.07, 6.45) is 2.90. The summed E-state index contributed by atoms with van der Waals surface area (Å²) in [6.45, 7) is 1.92. The van der Waals surface area contributed by atoms with E-state index in [1.807, 2.05) is 0 Å². The molecule has 0 aromatic rings. The fourth-order valence-corrected chi connectivity index (χ4v) is 0.344. The number of unbranched alkanes of at least 4 members (excludes halogenated alkanes) is 2. The van der Waals surface area contributed by atoms with Crippen molar-refractivity contribution in [3.63, 3.8) is 0 Å². The molecule has 0 aliphatic carbocycles. The summed E-state index contributed by atoms with van der Waals surface area (Å²) in [5.74, 6) is 0. The highest BCUT2D eigenvalue weighted by Gasteiger charge is 1.78. The van der Waals surface area contributed by atoms with Gasteiger partial charge >= 0.3 is 0 Å². The number of hydrogen-bond donors (Lipinski definition) is 0. The standard InChI is InChI=1S/C5H11F.H2O/c1-2-3-4-5-6;/h2-5H2,1H3;1H2. The van der Waals surface area contributed by atoms with Gasteiger partial charge in [-0.2, -0.15) is 0 Å². The smallest absolute Gasteiger partial charge is 0.0894 e. The summed E-state index contributed by atoms with van der Waals surface area (Å²) < 4.78 is 11.2. The zero-order chi connectivity index (χ0) is 4.83. The summed E-state index contributed by atoms with van der Waals surface area (Å²) in [7, 11) is 0. The molecule has 0 unspecified atom stereocenters. The molecule has 0 spiro atoms. The van der Waals surface area contributed by atoms with Crippen molar-refractivity contribution in [3.05, 3.63) is 0 Å². The van der Waals surface area contributed by atoms with Crippen LogP contribution in [0.15, 0.2) is 0 Å². The Morgan fingerprint density at radius 1 is 1.29 bits per heavy atom. The van der Waals surface area contributed by atoms with E-state index in [1.54, 1.807) is 0 Å². The van der Waals surface area contributed by atoms with Crippen molar-refractivity contribution >= 4 is 0 Å². The maximum absolute atomic E-state index is 11.2. The molecule has 0 saturated carbocycles. The van der Waals surface area contributed by atoms with Crippen LogP contribution < -0.4 is 0 Å². The highest BCUT2D eigenvalue weighted by Crippen LogP contribution is 1.91. The van der Waals surface area contributed by atoms with E-state index in [-0.39, 0.29) is 12.2 Å². The average molecular weight is 108 g/mol. The first-order valence-electron chi connectivity index (χ1n) is 2.47. The van der Waals surface area contributed by atoms with Gasteiger partial charge in [0.05, 0.1) is 6.67 Å². The van der Waals surface area contributed by atoms with Crippen molar-refractivity contribution in [2.24, 2.45) is 0 Å². The van der Waals surface area contributed by atoms with Gasteiger partial charge in [-0.25, -0.2) is 0 Å². The highest BCUT2D eigenvalue weighted by atomic mass is 19.1. The van der Waals surface area contributed by atoms with Crippen LogP contribution in [-0.4, -0.2) is 12.2 Å². The summed E-state index contributed by atoms with van der Waals surface area (Å²) in [6, 6.07) is 0.